The summed E-state index contributed by atoms with van der Waals surface area (Å²) in [7, 11) is 1.64. The van der Waals surface area contributed by atoms with Crippen LogP contribution in [-0.4, -0.2) is 7.11 Å². The van der Waals surface area contributed by atoms with Crippen molar-refractivity contribution in [1.29, 1.82) is 0 Å². The molecule has 0 heterocycles. The number of aryl methyl sites for hydroxylation is 1. The van der Waals surface area contributed by atoms with Gasteiger partial charge in [-0.3, -0.25) is 0 Å². The quantitative estimate of drug-likeness (QED) is 0.896. The second kappa shape index (κ2) is 5.56. The van der Waals surface area contributed by atoms with E-state index in [2.05, 4.69) is 0 Å². The predicted octanol–water partition coefficient (Wildman–Crippen LogP) is 3.25. The summed E-state index contributed by atoms with van der Waals surface area (Å²) in [5.41, 5.74) is 7.77. The first-order valence-electron chi connectivity index (χ1n) is 5.84. The summed E-state index contributed by atoms with van der Waals surface area (Å²) in [6, 6.07) is 13.5. The van der Waals surface area contributed by atoms with Gasteiger partial charge in [0.2, 0.25) is 0 Å². The van der Waals surface area contributed by atoms with Crippen molar-refractivity contribution in [2.75, 3.05) is 7.11 Å². The Hall–Kier alpha value is -2.00. The molecule has 0 atom stereocenters. The second-order valence-corrected chi connectivity index (χ2v) is 4.09. The van der Waals surface area contributed by atoms with Gasteiger partial charge in [0.15, 0.2) is 0 Å². The maximum absolute atomic E-state index is 5.83. The molecule has 3 heteroatoms. The Morgan fingerprint density at radius 1 is 1.06 bits per heavy atom. The highest BCUT2D eigenvalue weighted by atomic mass is 16.5. The van der Waals surface area contributed by atoms with Gasteiger partial charge >= 0.3 is 0 Å². The van der Waals surface area contributed by atoms with Crippen molar-refractivity contribution in [3.8, 4) is 17.2 Å². The van der Waals surface area contributed by atoms with Crippen LogP contribution in [0.4, 0.5) is 0 Å². The lowest BCUT2D eigenvalue weighted by Gasteiger charge is -2.10. The summed E-state index contributed by atoms with van der Waals surface area (Å²) < 4.78 is 11.0. The molecule has 0 aliphatic heterocycles. The second-order valence-electron chi connectivity index (χ2n) is 4.09. The van der Waals surface area contributed by atoms with E-state index in [-0.39, 0.29) is 0 Å². The van der Waals surface area contributed by atoms with E-state index < -0.39 is 0 Å². The monoisotopic (exact) mass is 243 g/mol. The van der Waals surface area contributed by atoms with E-state index in [4.69, 9.17) is 15.2 Å². The SMILES string of the molecule is COc1cccc(Oc2ccc(CN)cc2C)c1. The summed E-state index contributed by atoms with van der Waals surface area (Å²) in [4.78, 5) is 0. The molecule has 0 aliphatic rings. The van der Waals surface area contributed by atoms with Gasteiger partial charge in [0.05, 0.1) is 7.11 Å². The molecule has 0 spiro atoms. The number of methoxy groups -OCH3 is 1. The Morgan fingerprint density at radius 2 is 1.83 bits per heavy atom. The minimum Gasteiger partial charge on any atom is -0.497 e. The van der Waals surface area contributed by atoms with E-state index in [0.29, 0.717) is 6.54 Å². The maximum atomic E-state index is 5.83. The van der Waals surface area contributed by atoms with Crippen molar-refractivity contribution >= 4 is 0 Å². The van der Waals surface area contributed by atoms with Crippen LogP contribution in [0, 0.1) is 6.92 Å². The lowest BCUT2D eigenvalue weighted by Crippen LogP contribution is -1.97. The summed E-state index contributed by atoms with van der Waals surface area (Å²) in [6.07, 6.45) is 0. The Bertz CT molecular complexity index is 538. The van der Waals surface area contributed by atoms with Gasteiger partial charge in [-0.2, -0.15) is 0 Å². The lowest BCUT2D eigenvalue weighted by atomic mass is 10.1. The van der Waals surface area contributed by atoms with Crippen LogP contribution in [-0.2, 0) is 6.54 Å². The first-order valence-corrected chi connectivity index (χ1v) is 5.84. The van der Waals surface area contributed by atoms with E-state index >= 15 is 0 Å². The standard InChI is InChI=1S/C15H17NO2/c1-11-8-12(10-16)6-7-15(11)18-14-5-3-4-13(9-14)17-2/h3-9H,10,16H2,1-2H3. The van der Waals surface area contributed by atoms with Gasteiger partial charge in [0.25, 0.3) is 0 Å². The van der Waals surface area contributed by atoms with E-state index in [9.17, 15) is 0 Å². The summed E-state index contributed by atoms with van der Waals surface area (Å²) in [5.74, 6) is 2.38. The Kier molecular flexibility index (Phi) is 3.85. The van der Waals surface area contributed by atoms with Crippen LogP contribution in [0.5, 0.6) is 17.2 Å². The van der Waals surface area contributed by atoms with E-state index in [1.807, 2.05) is 49.4 Å². The van der Waals surface area contributed by atoms with Crippen molar-refractivity contribution < 1.29 is 9.47 Å². The molecule has 0 radical (unpaired) electrons. The largest absolute Gasteiger partial charge is 0.497 e. The molecule has 3 nitrogen and oxygen atoms in total. The van der Waals surface area contributed by atoms with Crippen molar-refractivity contribution in [3.05, 3.63) is 53.6 Å². The average Bonchev–Trinajstić information content (AvgIpc) is 2.41. The summed E-state index contributed by atoms with van der Waals surface area (Å²) in [6.45, 7) is 2.55. The fourth-order valence-corrected chi connectivity index (χ4v) is 1.74. The van der Waals surface area contributed by atoms with Crippen LogP contribution in [0.2, 0.25) is 0 Å². The highest BCUT2D eigenvalue weighted by Gasteiger charge is 2.03. The van der Waals surface area contributed by atoms with E-state index in [1.165, 1.54) is 0 Å². The molecule has 2 N–H and O–H groups in total. The van der Waals surface area contributed by atoms with Crippen molar-refractivity contribution in [2.24, 2.45) is 5.73 Å². The molecule has 2 aromatic carbocycles. The van der Waals surface area contributed by atoms with E-state index in [1.54, 1.807) is 7.11 Å². The Balaban J connectivity index is 2.22. The van der Waals surface area contributed by atoms with Crippen LogP contribution in [0.1, 0.15) is 11.1 Å². The Morgan fingerprint density at radius 3 is 2.50 bits per heavy atom. The zero-order valence-electron chi connectivity index (χ0n) is 10.6. The topological polar surface area (TPSA) is 44.5 Å². The van der Waals surface area contributed by atoms with Gasteiger partial charge in [0, 0.05) is 12.6 Å². The molecule has 0 aromatic heterocycles. The van der Waals surface area contributed by atoms with Gasteiger partial charge in [-0.05, 0) is 36.2 Å². The number of benzene rings is 2. The molecule has 18 heavy (non-hydrogen) atoms. The fourth-order valence-electron chi connectivity index (χ4n) is 1.74. The molecule has 0 bridgehead atoms. The smallest absolute Gasteiger partial charge is 0.131 e. The molecular weight excluding hydrogens is 226 g/mol. The van der Waals surface area contributed by atoms with Gasteiger partial charge in [-0.15, -0.1) is 0 Å². The summed E-state index contributed by atoms with van der Waals surface area (Å²) >= 11 is 0. The van der Waals surface area contributed by atoms with Crippen LogP contribution in [0.15, 0.2) is 42.5 Å². The number of nitrogens with two attached hydrogens (primary N) is 1. The maximum Gasteiger partial charge on any atom is 0.131 e. The number of rotatable bonds is 4. The lowest BCUT2D eigenvalue weighted by molar-refractivity contribution is 0.409. The average molecular weight is 243 g/mol. The minimum absolute atomic E-state index is 0.542. The Labute approximate surface area is 107 Å². The normalized spacial score (nSPS) is 10.2. The first-order chi connectivity index (χ1) is 8.72. The molecule has 94 valence electrons. The summed E-state index contributed by atoms with van der Waals surface area (Å²) in [5, 5.41) is 0. The predicted molar refractivity (Wildman–Crippen MR) is 72.1 cm³/mol. The molecule has 0 unspecified atom stereocenters. The van der Waals surface area contributed by atoms with Crippen molar-refractivity contribution in [1.82, 2.24) is 0 Å². The molecule has 0 saturated carbocycles. The van der Waals surface area contributed by atoms with Crippen LogP contribution < -0.4 is 15.2 Å². The molecule has 2 rings (SSSR count). The zero-order valence-corrected chi connectivity index (χ0v) is 10.6. The third-order valence-corrected chi connectivity index (χ3v) is 2.74. The minimum atomic E-state index is 0.542. The van der Waals surface area contributed by atoms with Crippen LogP contribution >= 0.6 is 0 Å². The van der Waals surface area contributed by atoms with Crippen LogP contribution in [0.25, 0.3) is 0 Å². The molecule has 0 aliphatic carbocycles. The fraction of sp³-hybridized carbons (Fsp3) is 0.200. The van der Waals surface area contributed by atoms with Gasteiger partial charge in [0.1, 0.15) is 17.2 Å². The third kappa shape index (κ3) is 2.81. The van der Waals surface area contributed by atoms with Gasteiger partial charge in [-0.25, -0.2) is 0 Å². The van der Waals surface area contributed by atoms with Crippen molar-refractivity contribution in [3.63, 3.8) is 0 Å². The zero-order chi connectivity index (χ0) is 13.0. The third-order valence-electron chi connectivity index (χ3n) is 2.74. The highest BCUT2D eigenvalue weighted by Crippen LogP contribution is 2.28. The van der Waals surface area contributed by atoms with Gasteiger partial charge in [-0.1, -0.05) is 18.2 Å². The molecule has 0 saturated heterocycles. The number of ether oxygens (including phenoxy) is 2. The molecule has 0 fully saturated rings. The van der Waals surface area contributed by atoms with Gasteiger partial charge < -0.3 is 15.2 Å². The first kappa shape index (κ1) is 12.5. The number of hydrogen-bond acceptors (Lipinski definition) is 3. The highest BCUT2D eigenvalue weighted by molar-refractivity contribution is 5.41. The number of hydrogen-bond donors (Lipinski definition) is 1. The molecule has 0 amide bonds. The molecular formula is C15H17NO2. The molecule has 2 aromatic rings. The van der Waals surface area contributed by atoms with Crippen molar-refractivity contribution in [2.45, 2.75) is 13.5 Å². The van der Waals surface area contributed by atoms with Crippen LogP contribution in [0.3, 0.4) is 0 Å². The van der Waals surface area contributed by atoms with E-state index in [0.717, 1.165) is 28.4 Å².